The second-order valence-corrected chi connectivity index (χ2v) is 6.52. The first-order valence-corrected chi connectivity index (χ1v) is 7.34. The number of allylic oxidation sites excluding steroid dienone is 2. The zero-order valence-corrected chi connectivity index (χ0v) is 13.4. The SMILES string of the molecule is CN(C)C12C=CC(C=C1)c1c(Cl)c(Cl)c(Cl)c(Cl)c12. The molecule has 1 aromatic carbocycles. The lowest BCUT2D eigenvalue weighted by Gasteiger charge is -2.45. The minimum atomic E-state index is -0.404. The summed E-state index contributed by atoms with van der Waals surface area (Å²) in [7, 11) is 3.99. The van der Waals surface area contributed by atoms with Crippen LogP contribution in [0.15, 0.2) is 24.3 Å². The molecule has 0 saturated carbocycles. The van der Waals surface area contributed by atoms with Crippen molar-refractivity contribution in [2.75, 3.05) is 14.1 Å². The highest BCUT2D eigenvalue weighted by atomic mass is 35.5. The molecule has 2 bridgehead atoms. The van der Waals surface area contributed by atoms with Gasteiger partial charge in [-0.25, -0.2) is 0 Å². The summed E-state index contributed by atoms with van der Waals surface area (Å²) in [5.74, 6) is 0.108. The van der Waals surface area contributed by atoms with Gasteiger partial charge < -0.3 is 0 Å². The molecule has 0 radical (unpaired) electrons. The van der Waals surface area contributed by atoms with Gasteiger partial charge in [-0.05, 0) is 19.7 Å². The Morgan fingerprint density at radius 1 is 0.895 bits per heavy atom. The Bertz CT molecular complexity index is 617. The minimum Gasteiger partial charge on any atom is -0.293 e. The lowest BCUT2D eigenvalue weighted by Crippen LogP contribution is -2.43. The molecule has 19 heavy (non-hydrogen) atoms. The van der Waals surface area contributed by atoms with E-state index < -0.39 is 5.54 Å². The van der Waals surface area contributed by atoms with Gasteiger partial charge in [0, 0.05) is 11.5 Å². The van der Waals surface area contributed by atoms with Gasteiger partial charge in [-0.1, -0.05) is 70.7 Å². The zero-order chi connectivity index (χ0) is 13.9. The molecule has 0 amide bonds. The molecule has 0 saturated heterocycles. The molecule has 0 N–H and O–H groups in total. The molecule has 0 aliphatic heterocycles. The highest BCUT2D eigenvalue weighted by molar-refractivity contribution is 6.52. The van der Waals surface area contributed by atoms with Crippen LogP contribution in [0.3, 0.4) is 0 Å². The minimum absolute atomic E-state index is 0.108. The van der Waals surface area contributed by atoms with Crippen LogP contribution in [0, 0.1) is 0 Å². The normalized spacial score (nSPS) is 27.2. The predicted octanol–water partition coefficient (Wildman–Crippen LogP) is 5.28. The van der Waals surface area contributed by atoms with Gasteiger partial charge in [0.25, 0.3) is 0 Å². The van der Waals surface area contributed by atoms with Crippen LogP contribution in [0.5, 0.6) is 0 Å². The molecule has 0 fully saturated rings. The standard InChI is InChI=1S/C14H11Cl4N/c1-19(2)14-5-3-7(4-6-14)8-9(14)11(16)13(18)12(17)10(8)15/h3-7H,1-2H3. The van der Waals surface area contributed by atoms with Gasteiger partial charge >= 0.3 is 0 Å². The van der Waals surface area contributed by atoms with Gasteiger partial charge in [0.1, 0.15) is 0 Å². The number of likely N-dealkylation sites (N-methyl/N-ethyl adjacent to an activating group) is 1. The number of benzene rings is 1. The van der Waals surface area contributed by atoms with Crippen LogP contribution in [0.25, 0.3) is 0 Å². The fourth-order valence-corrected chi connectivity index (χ4v) is 4.00. The van der Waals surface area contributed by atoms with Crippen molar-refractivity contribution in [1.29, 1.82) is 0 Å². The summed E-state index contributed by atoms with van der Waals surface area (Å²) in [6, 6.07) is 0. The topological polar surface area (TPSA) is 3.24 Å². The number of halogens is 4. The summed E-state index contributed by atoms with van der Waals surface area (Å²) < 4.78 is 0. The molecule has 0 spiro atoms. The average molecular weight is 335 g/mol. The summed E-state index contributed by atoms with van der Waals surface area (Å²) in [4.78, 5) is 2.08. The Balaban J connectivity index is 2.43. The average Bonchev–Trinajstić information content (AvgIpc) is 2.42. The van der Waals surface area contributed by atoms with E-state index >= 15 is 0 Å². The summed E-state index contributed by atoms with van der Waals surface area (Å²) >= 11 is 25.2. The van der Waals surface area contributed by atoms with Crippen LogP contribution >= 0.6 is 46.4 Å². The molecule has 0 unspecified atom stereocenters. The molecule has 0 heterocycles. The first kappa shape index (κ1) is 13.8. The first-order chi connectivity index (χ1) is 8.90. The fourth-order valence-electron chi connectivity index (χ4n) is 2.85. The molecule has 3 aliphatic rings. The Morgan fingerprint density at radius 2 is 1.42 bits per heavy atom. The Labute approximate surface area is 132 Å². The van der Waals surface area contributed by atoms with Crippen LogP contribution < -0.4 is 0 Å². The molecular weight excluding hydrogens is 324 g/mol. The van der Waals surface area contributed by atoms with Gasteiger partial charge in [-0.15, -0.1) is 0 Å². The first-order valence-electron chi connectivity index (χ1n) is 5.82. The molecule has 5 heteroatoms. The van der Waals surface area contributed by atoms with E-state index in [1.807, 2.05) is 14.1 Å². The monoisotopic (exact) mass is 333 g/mol. The van der Waals surface area contributed by atoms with Crippen LogP contribution in [-0.4, -0.2) is 19.0 Å². The number of nitrogens with zero attached hydrogens (tertiary/aromatic N) is 1. The van der Waals surface area contributed by atoms with E-state index in [9.17, 15) is 0 Å². The van der Waals surface area contributed by atoms with Crippen molar-refractivity contribution in [3.63, 3.8) is 0 Å². The third-order valence-corrected chi connectivity index (χ3v) is 5.71. The van der Waals surface area contributed by atoms with Crippen LogP contribution in [0.2, 0.25) is 20.1 Å². The Hall–Kier alpha value is -0.180. The summed E-state index contributed by atoms with van der Waals surface area (Å²) in [5, 5.41) is 1.63. The highest BCUT2D eigenvalue weighted by Crippen LogP contribution is 2.55. The van der Waals surface area contributed by atoms with Crippen molar-refractivity contribution < 1.29 is 0 Å². The maximum atomic E-state index is 6.45. The van der Waals surface area contributed by atoms with Crippen LogP contribution in [0.4, 0.5) is 0 Å². The molecule has 1 nitrogen and oxygen atoms in total. The zero-order valence-electron chi connectivity index (χ0n) is 10.3. The van der Waals surface area contributed by atoms with E-state index in [0.717, 1.165) is 11.1 Å². The molecule has 3 aliphatic carbocycles. The molecule has 0 atom stereocenters. The van der Waals surface area contributed by atoms with Gasteiger partial charge in [0.05, 0.1) is 25.6 Å². The summed E-state index contributed by atoms with van der Waals surface area (Å²) in [6.07, 6.45) is 8.50. The fraction of sp³-hybridized carbons (Fsp3) is 0.286. The van der Waals surface area contributed by atoms with E-state index in [2.05, 4.69) is 29.2 Å². The second-order valence-electron chi connectivity index (χ2n) is 5.01. The number of hydrogen-bond acceptors (Lipinski definition) is 1. The van der Waals surface area contributed by atoms with Gasteiger partial charge in [-0.2, -0.15) is 0 Å². The van der Waals surface area contributed by atoms with Crippen molar-refractivity contribution in [3.8, 4) is 0 Å². The quantitative estimate of drug-likeness (QED) is 0.383. The Kier molecular flexibility index (Phi) is 3.20. The van der Waals surface area contributed by atoms with E-state index in [0.29, 0.717) is 20.1 Å². The summed E-state index contributed by atoms with van der Waals surface area (Å²) in [6.45, 7) is 0. The smallest absolute Gasteiger partial charge is 0.0846 e. The van der Waals surface area contributed by atoms with E-state index in [-0.39, 0.29) is 5.92 Å². The van der Waals surface area contributed by atoms with Crippen molar-refractivity contribution in [2.45, 2.75) is 11.5 Å². The third-order valence-electron chi connectivity index (χ3n) is 3.89. The van der Waals surface area contributed by atoms with Crippen LogP contribution in [0.1, 0.15) is 17.0 Å². The largest absolute Gasteiger partial charge is 0.293 e. The number of hydrogen-bond donors (Lipinski definition) is 0. The lowest BCUT2D eigenvalue weighted by atomic mass is 9.71. The van der Waals surface area contributed by atoms with Crippen molar-refractivity contribution >= 4 is 46.4 Å². The van der Waals surface area contributed by atoms with Gasteiger partial charge in [-0.3, -0.25) is 4.90 Å². The highest BCUT2D eigenvalue weighted by Gasteiger charge is 2.43. The molecular formula is C14H11Cl4N. The third kappa shape index (κ3) is 1.66. The van der Waals surface area contributed by atoms with Crippen molar-refractivity contribution in [1.82, 2.24) is 4.90 Å². The Morgan fingerprint density at radius 3 is 1.95 bits per heavy atom. The second kappa shape index (κ2) is 4.41. The van der Waals surface area contributed by atoms with E-state index in [4.69, 9.17) is 46.4 Å². The molecule has 0 aromatic heterocycles. The maximum absolute atomic E-state index is 6.45. The van der Waals surface area contributed by atoms with Crippen molar-refractivity contribution in [3.05, 3.63) is 55.5 Å². The van der Waals surface area contributed by atoms with Gasteiger partial charge in [0.15, 0.2) is 0 Å². The lowest BCUT2D eigenvalue weighted by molar-refractivity contribution is 0.256. The summed E-state index contributed by atoms with van der Waals surface area (Å²) in [5.41, 5.74) is 1.49. The molecule has 1 aromatic rings. The molecule has 100 valence electrons. The number of rotatable bonds is 1. The van der Waals surface area contributed by atoms with E-state index in [1.54, 1.807) is 0 Å². The maximum Gasteiger partial charge on any atom is 0.0846 e. The predicted molar refractivity (Wildman–Crippen MR) is 82.9 cm³/mol. The van der Waals surface area contributed by atoms with Gasteiger partial charge in [0.2, 0.25) is 0 Å². The van der Waals surface area contributed by atoms with Crippen LogP contribution in [-0.2, 0) is 5.54 Å². The van der Waals surface area contributed by atoms with Crippen molar-refractivity contribution in [2.24, 2.45) is 0 Å². The molecule has 4 rings (SSSR count). The van der Waals surface area contributed by atoms with E-state index in [1.165, 1.54) is 0 Å².